The van der Waals surface area contributed by atoms with E-state index in [9.17, 15) is 13.2 Å². The van der Waals surface area contributed by atoms with E-state index < -0.39 is 11.7 Å². The van der Waals surface area contributed by atoms with Crippen molar-refractivity contribution in [1.29, 1.82) is 0 Å². The van der Waals surface area contributed by atoms with E-state index >= 15 is 0 Å². The lowest BCUT2D eigenvalue weighted by molar-refractivity contribution is -0.137. The summed E-state index contributed by atoms with van der Waals surface area (Å²) in [5.74, 6) is 0. The van der Waals surface area contributed by atoms with Crippen molar-refractivity contribution in [1.82, 2.24) is 0 Å². The predicted molar refractivity (Wildman–Crippen MR) is 60.3 cm³/mol. The highest BCUT2D eigenvalue weighted by Crippen LogP contribution is 2.29. The molecule has 0 aliphatic heterocycles. The standard InChI is InChI=1S/C11H15F3OSi/c1-10(2,15-16)7-8-3-5-9(6-4-8)11(12,13)14/h3-6H,7H2,1-2,16H3. The molecule has 90 valence electrons. The molecule has 0 heterocycles. The zero-order valence-corrected chi connectivity index (χ0v) is 11.6. The molecule has 16 heavy (non-hydrogen) atoms. The predicted octanol–water partition coefficient (Wildman–Crippen LogP) is 2.32. The normalized spacial score (nSPS) is 13.1. The second-order valence-electron chi connectivity index (χ2n) is 4.34. The zero-order valence-electron chi connectivity index (χ0n) is 9.56. The fourth-order valence-electron chi connectivity index (χ4n) is 1.38. The van der Waals surface area contributed by atoms with Gasteiger partial charge in [-0.15, -0.1) is 0 Å². The van der Waals surface area contributed by atoms with Crippen LogP contribution in [0.25, 0.3) is 0 Å². The van der Waals surface area contributed by atoms with Crippen molar-refractivity contribution in [2.75, 3.05) is 0 Å². The average Bonchev–Trinajstić information content (AvgIpc) is 2.16. The monoisotopic (exact) mass is 248 g/mol. The molecule has 0 spiro atoms. The maximum Gasteiger partial charge on any atom is 0.416 e. The van der Waals surface area contributed by atoms with Crippen LogP contribution in [0.3, 0.4) is 0 Å². The summed E-state index contributed by atoms with van der Waals surface area (Å²) in [5, 5.41) is 0. The first kappa shape index (κ1) is 13.3. The van der Waals surface area contributed by atoms with E-state index in [4.69, 9.17) is 4.43 Å². The molecule has 0 N–H and O–H groups in total. The molecule has 1 aromatic rings. The van der Waals surface area contributed by atoms with E-state index in [1.54, 1.807) is 0 Å². The van der Waals surface area contributed by atoms with Gasteiger partial charge in [-0.05, 0) is 38.0 Å². The van der Waals surface area contributed by atoms with E-state index in [2.05, 4.69) is 0 Å². The molecule has 1 rings (SSSR count). The molecule has 5 heteroatoms. The third kappa shape index (κ3) is 3.64. The molecule has 0 fully saturated rings. The summed E-state index contributed by atoms with van der Waals surface area (Å²) in [7, 11) is 0.619. The number of benzene rings is 1. The molecule has 1 nitrogen and oxygen atoms in total. The van der Waals surface area contributed by atoms with Crippen LogP contribution in [0.4, 0.5) is 13.2 Å². The van der Waals surface area contributed by atoms with Crippen molar-refractivity contribution < 1.29 is 17.6 Å². The topological polar surface area (TPSA) is 9.23 Å². The van der Waals surface area contributed by atoms with E-state index in [-0.39, 0.29) is 5.60 Å². The van der Waals surface area contributed by atoms with Gasteiger partial charge in [0.2, 0.25) is 0 Å². The van der Waals surface area contributed by atoms with Crippen LogP contribution in [-0.2, 0) is 17.0 Å². The Morgan fingerprint density at radius 2 is 1.62 bits per heavy atom. The Kier molecular flexibility index (Phi) is 3.80. The van der Waals surface area contributed by atoms with Crippen molar-refractivity contribution in [3.05, 3.63) is 35.4 Å². The van der Waals surface area contributed by atoms with Crippen molar-refractivity contribution in [2.24, 2.45) is 0 Å². The molecule has 0 amide bonds. The van der Waals surface area contributed by atoms with Gasteiger partial charge in [-0.2, -0.15) is 13.2 Å². The zero-order chi connectivity index (χ0) is 12.4. The quantitative estimate of drug-likeness (QED) is 0.746. The molecular weight excluding hydrogens is 233 g/mol. The minimum Gasteiger partial charge on any atom is -0.423 e. The van der Waals surface area contributed by atoms with Crippen LogP contribution in [-0.4, -0.2) is 16.1 Å². The van der Waals surface area contributed by atoms with Gasteiger partial charge < -0.3 is 4.43 Å². The van der Waals surface area contributed by atoms with Crippen LogP contribution in [0.2, 0.25) is 0 Å². The van der Waals surface area contributed by atoms with E-state index in [0.717, 1.165) is 17.7 Å². The molecule has 0 bridgehead atoms. The van der Waals surface area contributed by atoms with Gasteiger partial charge in [0.05, 0.1) is 11.2 Å². The summed E-state index contributed by atoms with van der Waals surface area (Å²) in [4.78, 5) is 0. The average molecular weight is 248 g/mol. The summed E-state index contributed by atoms with van der Waals surface area (Å²) in [6.07, 6.45) is -3.64. The Balaban J connectivity index is 2.80. The molecule has 0 unspecified atom stereocenters. The maximum atomic E-state index is 12.3. The summed E-state index contributed by atoms with van der Waals surface area (Å²) in [6, 6.07) is 5.23. The van der Waals surface area contributed by atoms with Gasteiger partial charge in [-0.3, -0.25) is 0 Å². The Morgan fingerprint density at radius 3 is 2.00 bits per heavy atom. The number of hydrogen-bond acceptors (Lipinski definition) is 1. The van der Waals surface area contributed by atoms with Crippen LogP contribution in [0.5, 0.6) is 0 Å². The second-order valence-corrected chi connectivity index (χ2v) is 4.74. The summed E-state index contributed by atoms with van der Waals surface area (Å²) in [5.41, 5.74) is -0.0545. The van der Waals surface area contributed by atoms with Crippen LogP contribution < -0.4 is 0 Å². The van der Waals surface area contributed by atoms with Gasteiger partial charge in [-0.25, -0.2) is 0 Å². The lowest BCUT2D eigenvalue weighted by Crippen LogP contribution is -2.26. The third-order valence-corrected chi connectivity index (χ3v) is 3.57. The number of halogens is 3. The highest BCUT2D eigenvalue weighted by Gasteiger charge is 2.30. The fraction of sp³-hybridized carbons (Fsp3) is 0.455. The summed E-state index contributed by atoms with van der Waals surface area (Å²) >= 11 is 0. The first-order chi connectivity index (χ1) is 7.24. The molecule has 0 saturated carbocycles. The number of rotatable bonds is 3. The molecule has 0 aliphatic carbocycles. The van der Waals surface area contributed by atoms with Gasteiger partial charge in [0.15, 0.2) is 0 Å². The van der Waals surface area contributed by atoms with Crippen LogP contribution in [0, 0.1) is 0 Å². The Bertz CT molecular complexity index is 343. The first-order valence-corrected chi connectivity index (χ1v) is 5.77. The van der Waals surface area contributed by atoms with Gasteiger partial charge in [0, 0.05) is 0 Å². The SMILES string of the molecule is CC(C)(Cc1ccc(C(F)(F)F)cc1)O[SiH3]. The summed E-state index contributed by atoms with van der Waals surface area (Å²) < 4.78 is 42.3. The molecule has 0 radical (unpaired) electrons. The Hall–Kier alpha value is -0.813. The van der Waals surface area contributed by atoms with Crippen LogP contribution in [0.1, 0.15) is 25.0 Å². The lowest BCUT2D eigenvalue weighted by Gasteiger charge is -2.23. The van der Waals surface area contributed by atoms with Crippen molar-refractivity contribution in [2.45, 2.75) is 32.0 Å². The molecule has 0 atom stereocenters. The van der Waals surface area contributed by atoms with Gasteiger partial charge >= 0.3 is 6.18 Å². The molecule has 0 saturated heterocycles. The minimum atomic E-state index is -4.26. The van der Waals surface area contributed by atoms with Crippen LogP contribution >= 0.6 is 0 Å². The third-order valence-electron chi connectivity index (χ3n) is 2.46. The van der Waals surface area contributed by atoms with Crippen molar-refractivity contribution in [3.63, 3.8) is 0 Å². The Morgan fingerprint density at radius 1 is 1.12 bits per heavy atom. The van der Waals surface area contributed by atoms with Crippen molar-refractivity contribution >= 4 is 10.5 Å². The van der Waals surface area contributed by atoms with Gasteiger partial charge in [0.25, 0.3) is 0 Å². The second kappa shape index (κ2) is 4.59. The molecule has 0 aromatic heterocycles. The maximum absolute atomic E-state index is 12.3. The van der Waals surface area contributed by atoms with Gasteiger partial charge in [-0.1, -0.05) is 12.1 Å². The first-order valence-electron chi connectivity index (χ1n) is 4.96. The summed E-state index contributed by atoms with van der Waals surface area (Å²) in [6.45, 7) is 3.86. The van der Waals surface area contributed by atoms with E-state index in [1.165, 1.54) is 12.1 Å². The lowest BCUT2D eigenvalue weighted by atomic mass is 9.98. The highest BCUT2D eigenvalue weighted by molar-refractivity contribution is 5.98. The molecular formula is C11H15F3OSi. The largest absolute Gasteiger partial charge is 0.423 e. The van der Waals surface area contributed by atoms with Gasteiger partial charge in [0.1, 0.15) is 10.5 Å². The molecule has 1 aromatic carbocycles. The molecule has 0 aliphatic rings. The number of hydrogen-bond donors (Lipinski definition) is 0. The smallest absolute Gasteiger partial charge is 0.416 e. The van der Waals surface area contributed by atoms with Crippen molar-refractivity contribution in [3.8, 4) is 0 Å². The fourth-order valence-corrected chi connectivity index (χ4v) is 1.52. The van der Waals surface area contributed by atoms with E-state index in [0.29, 0.717) is 16.9 Å². The minimum absolute atomic E-state index is 0.300. The highest BCUT2D eigenvalue weighted by atomic mass is 28.2. The van der Waals surface area contributed by atoms with Crippen LogP contribution in [0.15, 0.2) is 24.3 Å². The number of alkyl halides is 3. The Labute approximate surface area is 96.2 Å². The van der Waals surface area contributed by atoms with E-state index in [1.807, 2.05) is 13.8 Å².